The van der Waals surface area contributed by atoms with Crippen LogP contribution in [-0.4, -0.2) is 11.8 Å². The second-order valence-electron chi connectivity index (χ2n) is 2.58. The summed E-state index contributed by atoms with van der Waals surface area (Å²) in [6.45, 7) is 5.00. The molecule has 68 valence electrons. The number of rotatable bonds is 4. The Morgan fingerprint density at radius 2 is 1.92 bits per heavy atom. The van der Waals surface area contributed by atoms with E-state index in [0.29, 0.717) is 5.76 Å². The molecule has 0 fully saturated rings. The van der Waals surface area contributed by atoms with Gasteiger partial charge in [0.25, 0.3) is 0 Å². The monoisotopic (exact) mass is 170 g/mol. The lowest BCUT2D eigenvalue weighted by Crippen LogP contribution is -2.07. The number of allylic oxidation sites excluding steroid dienone is 2. The van der Waals surface area contributed by atoms with Gasteiger partial charge in [0.15, 0.2) is 0 Å². The van der Waals surface area contributed by atoms with Gasteiger partial charge in [-0.15, -0.1) is 0 Å². The van der Waals surface area contributed by atoms with Gasteiger partial charge in [0.1, 0.15) is 18.0 Å². The first-order valence-corrected chi connectivity index (χ1v) is 3.93. The SMILES string of the molecule is CC/C=C(\C)OC(=O)CC(C)=O. The summed E-state index contributed by atoms with van der Waals surface area (Å²) >= 11 is 0. The van der Waals surface area contributed by atoms with Crippen LogP contribution in [0.3, 0.4) is 0 Å². The van der Waals surface area contributed by atoms with Gasteiger partial charge in [-0.25, -0.2) is 0 Å². The van der Waals surface area contributed by atoms with Crippen molar-refractivity contribution in [2.24, 2.45) is 0 Å². The van der Waals surface area contributed by atoms with Crippen molar-refractivity contribution in [1.82, 2.24) is 0 Å². The lowest BCUT2D eigenvalue weighted by molar-refractivity contribution is -0.141. The van der Waals surface area contributed by atoms with E-state index in [1.54, 1.807) is 13.0 Å². The Labute approximate surface area is 72.4 Å². The molecule has 0 spiro atoms. The van der Waals surface area contributed by atoms with Gasteiger partial charge in [-0.2, -0.15) is 0 Å². The molecule has 0 N–H and O–H groups in total. The molecule has 0 rings (SSSR count). The van der Waals surface area contributed by atoms with E-state index in [1.807, 2.05) is 6.92 Å². The van der Waals surface area contributed by atoms with Crippen molar-refractivity contribution in [2.45, 2.75) is 33.6 Å². The summed E-state index contributed by atoms with van der Waals surface area (Å²) in [5.41, 5.74) is 0. The second kappa shape index (κ2) is 5.52. The minimum absolute atomic E-state index is 0.144. The first-order valence-electron chi connectivity index (χ1n) is 3.93. The highest BCUT2D eigenvalue weighted by atomic mass is 16.5. The topological polar surface area (TPSA) is 43.4 Å². The van der Waals surface area contributed by atoms with Gasteiger partial charge >= 0.3 is 5.97 Å². The van der Waals surface area contributed by atoms with Gasteiger partial charge in [0.2, 0.25) is 0 Å². The predicted molar refractivity (Wildman–Crippen MR) is 45.4 cm³/mol. The lowest BCUT2D eigenvalue weighted by atomic mass is 10.3. The van der Waals surface area contributed by atoms with E-state index >= 15 is 0 Å². The maximum atomic E-state index is 10.9. The van der Waals surface area contributed by atoms with Crippen LogP contribution in [0.15, 0.2) is 11.8 Å². The van der Waals surface area contributed by atoms with E-state index < -0.39 is 5.97 Å². The Hall–Kier alpha value is -1.12. The smallest absolute Gasteiger partial charge is 0.318 e. The third kappa shape index (κ3) is 5.65. The van der Waals surface area contributed by atoms with Crippen molar-refractivity contribution in [1.29, 1.82) is 0 Å². The van der Waals surface area contributed by atoms with Crippen molar-refractivity contribution < 1.29 is 14.3 Å². The fourth-order valence-corrected chi connectivity index (χ4v) is 0.748. The molecule has 0 aliphatic carbocycles. The molecule has 0 saturated heterocycles. The van der Waals surface area contributed by atoms with Crippen molar-refractivity contribution >= 4 is 11.8 Å². The maximum absolute atomic E-state index is 10.9. The van der Waals surface area contributed by atoms with Crippen LogP contribution < -0.4 is 0 Å². The fourth-order valence-electron chi connectivity index (χ4n) is 0.748. The summed E-state index contributed by atoms with van der Waals surface area (Å²) in [5.74, 6) is -0.0993. The van der Waals surface area contributed by atoms with E-state index in [9.17, 15) is 9.59 Å². The molecule has 3 nitrogen and oxygen atoms in total. The van der Waals surface area contributed by atoms with Crippen LogP contribution >= 0.6 is 0 Å². The molecule has 0 aromatic carbocycles. The number of ketones is 1. The normalized spacial score (nSPS) is 11.1. The largest absolute Gasteiger partial charge is 0.431 e. The first kappa shape index (κ1) is 10.9. The molecular weight excluding hydrogens is 156 g/mol. The van der Waals surface area contributed by atoms with E-state index in [1.165, 1.54) is 6.92 Å². The quantitative estimate of drug-likeness (QED) is 0.367. The van der Waals surface area contributed by atoms with Crippen molar-refractivity contribution in [3.05, 3.63) is 11.8 Å². The molecule has 0 saturated carbocycles. The Kier molecular flexibility index (Phi) is 5.00. The van der Waals surface area contributed by atoms with Gasteiger partial charge < -0.3 is 4.74 Å². The summed E-state index contributed by atoms with van der Waals surface area (Å²) < 4.78 is 4.80. The summed E-state index contributed by atoms with van der Waals surface area (Å²) in [4.78, 5) is 21.3. The van der Waals surface area contributed by atoms with Crippen LogP contribution in [-0.2, 0) is 14.3 Å². The molecule has 0 aromatic heterocycles. The van der Waals surface area contributed by atoms with E-state index in [2.05, 4.69) is 0 Å². The van der Waals surface area contributed by atoms with E-state index in [-0.39, 0.29) is 12.2 Å². The Balaban J connectivity index is 3.84. The van der Waals surface area contributed by atoms with Gasteiger partial charge in [0.05, 0.1) is 0 Å². The molecule has 0 radical (unpaired) electrons. The van der Waals surface area contributed by atoms with Crippen molar-refractivity contribution in [3.8, 4) is 0 Å². The highest BCUT2D eigenvalue weighted by Crippen LogP contribution is 2.00. The summed E-state index contributed by atoms with van der Waals surface area (Å²) in [7, 11) is 0. The third-order valence-electron chi connectivity index (χ3n) is 1.16. The molecule has 3 heteroatoms. The van der Waals surface area contributed by atoms with Gasteiger partial charge in [-0.1, -0.05) is 6.92 Å². The number of hydrogen-bond acceptors (Lipinski definition) is 3. The molecule has 0 aliphatic heterocycles. The van der Waals surface area contributed by atoms with Crippen molar-refractivity contribution in [3.63, 3.8) is 0 Å². The summed E-state index contributed by atoms with van der Waals surface area (Å²) in [6, 6.07) is 0. The molecule has 12 heavy (non-hydrogen) atoms. The van der Waals surface area contributed by atoms with Crippen LogP contribution in [0, 0.1) is 0 Å². The van der Waals surface area contributed by atoms with Crippen LogP contribution in [0.2, 0.25) is 0 Å². The zero-order valence-corrected chi connectivity index (χ0v) is 7.72. The molecular formula is C9H14O3. The van der Waals surface area contributed by atoms with Crippen LogP contribution in [0.5, 0.6) is 0 Å². The summed E-state index contributed by atoms with van der Waals surface area (Å²) in [6.07, 6.45) is 2.46. The first-order chi connectivity index (χ1) is 5.56. The molecule has 0 unspecified atom stereocenters. The van der Waals surface area contributed by atoms with Gasteiger partial charge in [-0.05, 0) is 26.3 Å². The molecule has 0 heterocycles. The number of carbonyl (C=O) groups excluding carboxylic acids is 2. The van der Waals surface area contributed by atoms with Crippen LogP contribution in [0.1, 0.15) is 33.6 Å². The average molecular weight is 170 g/mol. The minimum Gasteiger partial charge on any atom is -0.431 e. The fraction of sp³-hybridized carbons (Fsp3) is 0.556. The highest BCUT2D eigenvalue weighted by molar-refractivity contribution is 5.94. The maximum Gasteiger partial charge on any atom is 0.318 e. The zero-order chi connectivity index (χ0) is 9.56. The van der Waals surface area contributed by atoms with Gasteiger partial charge in [0, 0.05) is 0 Å². The van der Waals surface area contributed by atoms with Gasteiger partial charge in [-0.3, -0.25) is 9.59 Å². The van der Waals surface area contributed by atoms with E-state index in [4.69, 9.17) is 4.74 Å². The average Bonchev–Trinajstić information content (AvgIpc) is 1.84. The van der Waals surface area contributed by atoms with Crippen LogP contribution in [0.25, 0.3) is 0 Å². The summed E-state index contributed by atoms with van der Waals surface area (Å²) in [5, 5.41) is 0. The number of ether oxygens (including phenoxy) is 1. The van der Waals surface area contributed by atoms with Crippen molar-refractivity contribution in [2.75, 3.05) is 0 Å². The Bertz CT molecular complexity index is 204. The molecule has 0 aliphatic rings. The molecule has 0 atom stereocenters. The minimum atomic E-state index is -0.482. The zero-order valence-electron chi connectivity index (χ0n) is 7.72. The Morgan fingerprint density at radius 1 is 1.33 bits per heavy atom. The third-order valence-corrected chi connectivity index (χ3v) is 1.16. The number of hydrogen-bond donors (Lipinski definition) is 0. The molecule has 0 amide bonds. The highest BCUT2D eigenvalue weighted by Gasteiger charge is 2.06. The standard InChI is InChI=1S/C9H14O3/c1-4-5-8(3)12-9(11)6-7(2)10/h5H,4,6H2,1-3H3/b8-5+. The lowest BCUT2D eigenvalue weighted by Gasteiger charge is -2.01. The number of carbonyl (C=O) groups is 2. The van der Waals surface area contributed by atoms with Crippen LogP contribution in [0.4, 0.5) is 0 Å². The molecule has 0 aromatic rings. The number of Topliss-reactive ketones (excluding diaryl/α,β-unsaturated/α-hetero) is 1. The molecule has 0 bridgehead atoms. The predicted octanol–water partition coefficient (Wildman–Crippen LogP) is 1.82. The second-order valence-corrected chi connectivity index (χ2v) is 2.58. The van der Waals surface area contributed by atoms with E-state index in [0.717, 1.165) is 6.42 Å². The number of esters is 1. The Morgan fingerprint density at radius 3 is 2.33 bits per heavy atom.